The van der Waals surface area contributed by atoms with Gasteiger partial charge in [-0.1, -0.05) is 0 Å². The zero-order valence-corrected chi connectivity index (χ0v) is 6.52. The highest BCUT2D eigenvalue weighted by Gasteiger charge is 2.61. The van der Waals surface area contributed by atoms with Gasteiger partial charge in [0.2, 0.25) is 5.91 Å². The summed E-state index contributed by atoms with van der Waals surface area (Å²) in [5.74, 6) is 0.234. The smallest absolute Gasteiger partial charge is 0.247 e. The molecule has 11 heavy (non-hydrogen) atoms. The number of hydrogen-bond acceptors (Lipinski definition) is 3. The number of amides is 1. The lowest BCUT2D eigenvalue weighted by atomic mass is 9.97. The predicted octanol–water partition coefficient (Wildman–Crippen LogP) is -0.726. The number of carbonyl (C=O) groups is 1. The van der Waals surface area contributed by atoms with E-state index in [1.807, 2.05) is 0 Å². The maximum atomic E-state index is 11.1. The van der Waals surface area contributed by atoms with E-state index in [4.69, 9.17) is 0 Å². The minimum Gasteiger partial charge on any atom is -0.315 e. The summed E-state index contributed by atoms with van der Waals surface area (Å²) in [4.78, 5) is 15.7. The quantitative estimate of drug-likeness (QED) is 0.518. The zero-order valence-electron chi connectivity index (χ0n) is 6.52. The minimum atomic E-state index is 0.0361. The van der Waals surface area contributed by atoms with Gasteiger partial charge in [-0.25, -0.2) is 5.48 Å². The monoisotopic (exact) mass is 156 g/mol. The molecule has 2 rings (SSSR count). The van der Waals surface area contributed by atoms with Crippen molar-refractivity contribution in [3.8, 4) is 0 Å². The van der Waals surface area contributed by atoms with Crippen LogP contribution in [0, 0.1) is 11.3 Å². The molecule has 4 nitrogen and oxygen atoms in total. The van der Waals surface area contributed by atoms with E-state index in [9.17, 15) is 4.79 Å². The molecular weight excluding hydrogens is 144 g/mol. The topological polar surface area (TPSA) is 50.4 Å². The molecule has 1 saturated carbocycles. The molecule has 1 aliphatic carbocycles. The first-order valence-electron chi connectivity index (χ1n) is 3.82. The van der Waals surface area contributed by atoms with Gasteiger partial charge in [0.1, 0.15) is 0 Å². The Bertz CT molecular complexity index is 189. The first-order valence-corrected chi connectivity index (χ1v) is 3.82. The van der Waals surface area contributed by atoms with Crippen LogP contribution in [-0.2, 0) is 9.63 Å². The van der Waals surface area contributed by atoms with E-state index in [1.54, 1.807) is 0 Å². The molecule has 0 radical (unpaired) electrons. The van der Waals surface area contributed by atoms with Gasteiger partial charge in [0.25, 0.3) is 0 Å². The standard InChI is InChI=1S/C7H12N2O2/c1-11-9-6(10)5-2-7(5)3-8-4-7/h5,8H,2-4H2,1H3,(H,9,10). The molecule has 1 spiro atoms. The Hall–Kier alpha value is -0.610. The zero-order chi connectivity index (χ0) is 7.90. The Labute approximate surface area is 65.2 Å². The van der Waals surface area contributed by atoms with E-state index in [1.165, 1.54) is 7.11 Å². The molecule has 2 fully saturated rings. The average Bonchev–Trinajstić information content (AvgIpc) is 2.60. The van der Waals surface area contributed by atoms with E-state index in [-0.39, 0.29) is 11.8 Å². The molecule has 2 aliphatic rings. The molecule has 62 valence electrons. The van der Waals surface area contributed by atoms with Crippen molar-refractivity contribution in [3.63, 3.8) is 0 Å². The highest BCUT2D eigenvalue weighted by atomic mass is 16.6. The maximum Gasteiger partial charge on any atom is 0.247 e. The summed E-state index contributed by atoms with van der Waals surface area (Å²) in [7, 11) is 1.46. The highest BCUT2D eigenvalue weighted by Crippen LogP contribution is 2.55. The first kappa shape index (κ1) is 7.06. The SMILES string of the molecule is CONC(=O)C1CC12CNC2. The molecule has 1 saturated heterocycles. The van der Waals surface area contributed by atoms with E-state index >= 15 is 0 Å². The van der Waals surface area contributed by atoms with Gasteiger partial charge >= 0.3 is 0 Å². The molecule has 1 atom stereocenters. The Morgan fingerprint density at radius 2 is 2.45 bits per heavy atom. The van der Waals surface area contributed by atoms with Crippen LogP contribution in [0.4, 0.5) is 0 Å². The summed E-state index contributed by atoms with van der Waals surface area (Å²) in [6.07, 6.45) is 1.02. The third kappa shape index (κ3) is 0.937. The van der Waals surface area contributed by atoms with Crippen LogP contribution in [0.15, 0.2) is 0 Å². The summed E-state index contributed by atoms with van der Waals surface area (Å²) in [6, 6.07) is 0. The van der Waals surface area contributed by atoms with Gasteiger partial charge in [-0.2, -0.15) is 0 Å². The number of hydroxylamine groups is 1. The largest absolute Gasteiger partial charge is 0.315 e. The summed E-state index contributed by atoms with van der Waals surface area (Å²) in [5.41, 5.74) is 2.67. The van der Waals surface area contributed by atoms with Gasteiger partial charge in [-0.3, -0.25) is 9.63 Å². The lowest BCUT2D eigenvalue weighted by molar-refractivity contribution is -0.133. The van der Waals surface area contributed by atoms with Crippen LogP contribution in [0.1, 0.15) is 6.42 Å². The molecule has 0 bridgehead atoms. The summed E-state index contributed by atoms with van der Waals surface area (Å²) < 4.78 is 0. The molecule has 2 N–H and O–H groups in total. The summed E-state index contributed by atoms with van der Waals surface area (Å²) in [5, 5.41) is 3.17. The predicted molar refractivity (Wildman–Crippen MR) is 38.6 cm³/mol. The lowest BCUT2D eigenvalue weighted by Gasteiger charge is -2.27. The van der Waals surface area contributed by atoms with Gasteiger partial charge in [0.05, 0.1) is 7.11 Å². The average molecular weight is 156 g/mol. The molecule has 1 aliphatic heterocycles. The van der Waals surface area contributed by atoms with Crippen LogP contribution >= 0.6 is 0 Å². The van der Waals surface area contributed by atoms with Crippen molar-refractivity contribution in [2.45, 2.75) is 6.42 Å². The molecule has 1 heterocycles. The van der Waals surface area contributed by atoms with Crippen LogP contribution < -0.4 is 10.8 Å². The van der Waals surface area contributed by atoms with Crippen LogP contribution in [-0.4, -0.2) is 26.1 Å². The third-order valence-electron chi connectivity index (χ3n) is 2.66. The molecule has 1 unspecified atom stereocenters. The van der Waals surface area contributed by atoms with Crippen LogP contribution in [0.25, 0.3) is 0 Å². The van der Waals surface area contributed by atoms with E-state index in [0.29, 0.717) is 5.41 Å². The van der Waals surface area contributed by atoms with Crippen molar-refractivity contribution in [2.24, 2.45) is 11.3 Å². The Balaban J connectivity index is 1.85. The van der Waals surface area contributed by atoms with Gasteiger partial charge in [0.15, 0.2) is 0 Å². The first-order chi connectivity index (χ1) is 5.28. The van der Waals surface area contributed by atoms with E-state index < -0.39 is 0 Å². The molecule has 0 aromatic heterocycles. The van der Waals surface area contributed by atoms with Crippen molar-refractivity contribution >= 4 is 5.91 Å². The van der Waals surface area contributed by atoms with Crippen LogP contribution in [0.2, 0.25) is 0 Å². The molecular formula is C7H12N2O2. The number of carbonyl (C=O) groups excluding carboxylic acids is 1. The second-order valence-corrected chi connectivity index (χ2v) is 3.39. The van der Waals surface area contributed by atoms with Crippen molar-refractivity contribution < 1.29 is 9.63 Å². The van der Waals surface area contributed by atoms with Crippen molar-refractivity contribution in [2.75, 3.05) is 20.2 Å². The summed E-state index contributed by atoms with van der Waals surface area (Å²) in [6.45, 7) is 1.99. The Morgan fingerprint density at radius 1 is 1.73 bits per heavy atom. The fourth-order valence-electron chi connectivity index (χ4n) is 1.73. The van der Waals surface area contributed by atoms with E-state index in [2.05, 4.69) is 15.6 Å². The summed E-state index contributed by atoms with van der Waals surface area (Å²) >= 11 is 0. The van der Waals surface area contributed by atoms with Crippen LogP contribution in [0.5, 0.6) is 0 Å². The minimum absolute atomic E-state index is 0.0361. The van der Waals surface area contributed by atoms with Crippen molar-refractivity contribution in [3.05, 3.63) is 0 Å². The van der Waals surface area contributed by atoms with Crippen molar-refractivity contribution in [1.82, 2.24) is 10.8 Å². The molecule has 0 aromatic rings. The number of rotatable bonds is 2. The Kier molecular flexibility index (Phi) is 1.40. The van der Waals surface area contributed by atoms with Gasteiger partial charge < -0.3 is 5.32 Å². The van der Waals surface area contributed by atoms with Gasteiger partial charge in [-0.05, 0) is 6.42 Å². The van der Waals surface area contributed by atoms with Gasteiger partial charge in [-0.15, -0.1) is 0 Å². The fourth-order valence-corrected chi connectivity index (χ4v) is 1.73. The number of hydrogen-bond donors (Lipinski definition) is 2. The number of nitrogens with one attached hydrogen (secondary N) is 2. The fraction of sp³-hybridized carbons (Fsp3) is 0.857. The van der Waals surface area contributed by atoms with Crippen molar-refractivity contribution in [1.29, 1.82) is 0 Å². The maximum absolute atomic E-state index is 11.1. The molecule has 0 aromatic carbocycles. The van der Waals surface area contributed by atoms with Crippen LogP contribution in [0.3, 0.4) is 0 Å². The Morgan fingerprint density at radius 3 is 2.82 bits per heavy atom. The van der Waals surface area contributed by atoms with Gasteiger partial charge in [0, 0.05) is 24.4 Å². The normalized spacial score (nSPS) is 31.2. The molecule has 4 heteroatoms. The third-order valence-corrected chi connectivity index (χ3v) is 2.66. The molecule has 1 amide bonds. The highest BCUT2D eigenvalue weighted by molar-refractivity contribution is 5.82. The lowest BCUT2D eigenvalue weighted by Crippen LogP contribution is -2.47. The second kappa shape index (κ2) is 2.19. The second-order valence-electron chi connectivity index (χ2n) is 3.39. The van der Waals surface area contributed by atoms with E-state index in [0.717, 1.165) is 19.5 Å².